The number of aromatic nitrogens is 1. The second-order valence-corrected chi connectivity index (χ2v) is 1.90. The monoisotopic (exact) mass is 143 g/mol. The van der Waals surface area contributed by atoms with Gasteiger partial charge in [0.1, 0.15) is 0 Å². The molecule has 1 aromatic rings. The van der Waals surface area contributed by atoms with E-state index in [9.17, 15) is 0 Å². The summed E-state index contributed by atoms with van der Waals surface area (Å²) in [5.41, 5.74) is 1.28. The second kappa shape index (κ2) is 2.70. The van der Waals surface area contributed by atoms with Crippen LogP contribution in [0.2, 0.25) is 0 Å². The van der Waals surface area contributed by atoms with E-state index in [0.29, 0.717) is 17.2 Å². The van der Waals surface area contributed by atoms with Crippen molar-refractivity contribution in [3.63, 3.8) is 0 Å². The molecule has 0 saturated carbocycles. The molecule has 4 heteroatoms. The van der Waals surface area contributed by atoms with E-state index in [1.165, 1.54) is 7.11 Å². The number of nitrogens with zero attached hydrogens (tertiary/aromatic N) is 1. The number of aliphatic hydroxyl groups is 1. The molecule has 1 rings (SSSR count). The van der Waals surface area contributed by atoms with Crippen LogP contribution in [0.1, 0.15) is 11.3 Å². The van der Waals surface area contributed by atoms with E-state index in [0.717, 1.165) is 0 Å². The van der Waals surface area contributed by atoms with Gasteiger partial charge >= 0.3 is 5.95 Å². The summed E-state index contributed by atoms with van der Waals surface area (Å²) in [5, 5.41) is 12.3. The Morgan fingerprint density at radius 2 is 2.40 bits per heavy atom. The molecule has 10 heavy (non-hydrogen) atoms. The van der Waals surface area contributed by atoms with Gasteiger partial charge in [-0.2, -0.15) is 0 Å². The van der Waals surface area contributed by atoms with E-state index >= 15 is 0 Å². The topological polar surface area (TPSA) is 55.5 Å². The van der Waals surface area contributed by atoms with E-state index in [1.807, 2.05) is 0 Å². The zero-order valence-corrected chi connectivity index (χ0v) is 5.92. The Balaban J connectivity index is 3.01. The van der Waals surface area contributed by atoms with Gasteiger partial charge in [-0.3, -0.25) is 0 Å². The normalized spacial score (nSPS) is 9.90. The first-order chi connectivity index (χ1) is 4.79. The molecule has 56 valence electrons. The molecule has 0 aliphatic carbocycles. The third kappa shape index (κ3) is 0.974. The van der Waals surface area contributed by atoms with Crippen LogP contribution in [0, 0.1) is 6.92 Å². The minimum Gasteiger partial charge on any atom is -0.467 e. The van der Waals surface area contributed by atoms with Crippen LogP contribution in [0.3, 0.4) is 0 Å². The second-order valence-electron chi connectivity index (χ2n) is 1.90. The SMILES string of the molecule is COc1onc(C)c1CO. The number of rotatable bonds is 2. The number of ether oxygens (including phenoxy) is 1. The quantitative estimate of drug-likeness (QED) is 0.654. The first kappa shape index (κ1) is 7.08. The molecule has 0 unspecified atom stereocenters. The maximum absolute atomic E-state index is 8.74. The lowest BCUT2D eigenvalue weighted by Crippen LogP contribution is -1.88. The van der Waals surface area contributed by atoms with Crippen molar-refractivity contribution in [2.75, 3.05) is 7.11 Å². The van der Waals surface area contributed by atoms with Crippen molar-refractivity contribution in [3.8, 4) is 5.95 Å². The fraction of sp³-hybridized carbons (Fsp3) is 0.500. The molecule has 0 amide bonds. The Kier molecular flexibility index (Phi) is 1.91. The third-order valence-electron chi connectivity index (χ3n) is 1.29. The van der Waals surface area contributed by atoms with Crippen LogP contribution < -0.4 is 4.74 Å². The molecular formula is C6H9NO3. The Hall–Kier alpha value is -1.03. The Morgan fingerprint density at radius 1 is 1.70 bits per heavy atom. The molecule has 0 atom stereocenters. The van der Waals surface area contributed by atoms with Crippen molar-refractivity contribution in [3.05, 3.63) is 11.3 Å². The van der Waals surface area contributed by atoms with Gasteiger partial charge in [0.2, 0.25) is 0 Å². The van der Waals surface area contributed by atoms with Gasteiger partial charge in [0, 0.05) is 0 Å². The Labute approximate surface area is 58.4 Å². The first-order valence-corrected chi connectivity index (χ1v) is 2.89. The fourth-order valence-electron chi connectivity index (χ4n) is 0.707. The molecule has 0 aliphatic heterocycles. The van der Waals surface area contributed by atoms with Gasteiger partial charge in [-0.05, 0) is 6.92 Å². The summed E-state index contributed by atoms with van der Waals surface area (Å²) in [6, 6.07) is 0. The van der Waals surface area contributed by atoms with Gasteiger partial charge in [-0.15, -0.1) is 0 Å². The lowest BCUT2D eigenvalue weighted by molar-refractivity contribution is 0.238. The molecule has 1 N–H and O–H groups in total. The lowest BCUT2D eigenvalue weighted by atomic mass is 10.3. The molecule has 0 aliphatic rings. The average molecular weight is 143 g/mol. The minimum absolute atomic E-state index is 0.0987. The van der Waals surface area contributed by atoms with E-state index in [2.05, 4.69) is 5.16 Å². The summed E-state index contributed by atoms with van der Waals surface area (Å²) in [6.07, 6.45) is 0. The van der Waals surface area contributed by atoms with Crippen molar-refractivity contribution in [1.29, 1.82) is 0 Å². The van der Waals surface area contributed by atoms with Crippen molar-refractivity contribution in [2.45, 2.75) is 13.5 Å². The summed E-state index contributed by atoms with van der Waals surface area (Å²) in [6.45, 7) is 1.65. The highest BCUT2D eigenvalue weighted by Gasteiger charge is 2.10. The Bertz CT molecular complexity index is 219. The van der Waals surface area contributed by atoms with Gasteiger partial charge in [0.25, 0.3) is 0 Å². The highest BCUT2D eigenvalue weighted by molar-refractivity contribution is 5.25. The van der Waals surface area contributed by atoms with Crippen molar-refractivity contribution in [1.82, 2.24) is 5.16 Å². The molecular weight excluding hydrogens is 134 g/mol. The van der Waals surface area contributed by atoms with Crippen LogP contribution in [-0.2, 0) is 6.61 Å². The van der Waals surface area contributed by atoms with Crippen molar-refractivity contribution in [2.24, 2.45) is 0 Å². The molecule has 0 fully saturated rings. The number of aryl methyl sites for hydroxylation is 1. The van der Waals surface area contributed by atoms with Crippen LogP contribution in [-0.4, -0.2) is 17.4 Å². The lowest BCUT2D eigenvalue weighted by Gasteiger charge is -1.93. The summed E-state index contributed by atoms with van der Waals surface area (Å²) in [5.74, 6) is 0.292. The summed E-state index contributed by atoms with van der Waals surface area (Å²) in [7, 11) is 1.47. The van der Waals surface area contributed by atoms with Gasteiger partial charge in [0.05, 0.1) is 25.0 Å². The molecule has 1 aromatic heterocycles. The number of hydrogen-bond acceptors (Lipinski definition) is 4. The van der Waals surface area contributed by atoms with E-state index in [-0.39, 0.29) is 6.61 Å². The van der Waals surface area contributed by atoms with Crippen LogP contribution in [0.25, 0.3) is 0 Å². The highest BCUT2D eigenvalue weighted by atomic mass is 16.6. The van der Waals surface area contributed by atoms with Crippen LogP contribution in [0.15, 0.2) is 4.52 Å². The Morgan fingerprint density at radius 3 is 2.80 bits per heavy atom. The number of hydrogen-bond donors (Lipinski definition) is 1. The molecule has 0 bridgehead atoms. The van der Waals surface area contributed by atoms with Gasteiger partial charge in [0.15, 0.2) is 0 Å². The average Bonchev–Trinajstić information content (AvgIpc) is 2.30. The number of methoxy groups -OCH3 is 1. The molecule has 4 nitrogen and oxygen atoms in total. The van der Waals surface area contributed by atoms with Gasteiger partial charge in [-0.1, -0.05) is 5.16 Å². The van der Waals surface area contributed by atoms with Crippen molar-refractivity contribution >= 4 is 0 Å². The minimum atomic E-state index is -0.0987. The summed E-state index contributed by atoms with van der Waals surface area (Å²) >= 11 is 0. The third-order valence-corrected chi connectivity index (χ3v) is 1.29. The van der Waals surface area contributed by atoms with E-state index < -0.39 is 0 Å². The van der Waals surface area contributed by atoms with Crippen LogP contribution in [0.4, 0.5) is 0 Å². The van der Waals surface area contributed by atoms with E-state index in [1.54, 1.807) is 6.92 Å². The largest absolute Gasteiger partial charge is 0.467 e. The zero-order chi connectivity index (χ0) is 7.56. The molecule has 1 heterocycles. The summed E-state index contributed by atoms with van der Waals surface area (Å²) < 4.78 is 9.47. The molecule has 0 aromatic carbocycles. The zero-order valence-electron chi connectivity index (χ0n) is 5.92. The maximum Gasteiger partial charge on any atom is 0.316 e. The van der Waals surface area contributed by atoms with Gasteiger partial charge < -0.3 is 14.4 Å². The van der Waals surface area contributed by atoms with E-state index in [4.69, 9.17) is 14.4 Å². The highest BCUT2D eigenvalue weighted by Crippen LogP contribution is 2.20. The van der Waals surface area contributed by atoms with Crippen LogP contribution >= 0.6 is 0 Å². The smallest absolute Gasteiger partial charge is 0.316 e. The maximum atomic E-state index is 8.74. The predicted octanol–water partition coefficient (Wildman–Crippen LogP) is 0.484. The number of aliphatic hydroxyl groups excluding tert-OH is 1. The standard InChI is InChI=1S/C6H9NO3/c1-4-5(3-8)6(9-2)10-7-4/h8H,3H2,1-2H3. The molecule has 0 spiro atoms. The first-order valence-electron chi connectivity index (χ1n) is 2.89. The molecule has 0 saturated heterocycles. The fourth-order valence-corrected chi connectivity index (χ4v) is 0.707. The van der Waals surface area contributed by atoms with Crippen molar-refractivity contribution < 1.29 is 14.4 Å². The molecule has 0 radical (unpaired) electrons. The van der Waals surface area contributed by atoms with Gasteiger partial charge in [-0.25, -0.2) is 0 Å². The summed E-state index contributed by atoms with van der Waals surface area (Å²) in [4.78, 5) is 0. The predicted molar refractivity (Wildman–Crippen MR) is 33.7 cm³/mol. The van der Waals surface area contributed by atoms with Crippen LogP contribution in [0.5, 0.6) is 5.95 Å².